The fraction of sp³-hybridized carbons (Fsp3) is 0.500. The molecule has 200 valence electrons. The van der Waals surface area contributed by atoms with Gasteiger partial charge in [0.25, 0.3) is 0 Å². The van der Waals surface area contributed by atoms with Crippen LogP contribution >= 0.6 is 0 Å². The normalized spacial score (nSPS) is 15.9. The number of aliphatic hydroxyl groups excluding tert-OH is 2. The minimum absolute atomic E-state index is 0.0486. The first kappa shape index (κ1) is 30.3. The smallest absolute Gasteiger partial charge is 0.328 e. The summed E-state index contributed by atoms with van der Waals surface area (Å²) in [5.41, 5.74) is 11.2. The SMILES string of the molecule is CC(O)C(N)C(=O)NC(CCC(N)=O)C(=O)NC(Cc1ccc(O)cc1)C(=O)NC(C(=O)O)C(C)O. The number of hydrogen-bond donors (Lipinski definition) is 9. The van der Waals surface area contributed by atoms with Gasteiger partial charge >= 0.3 is 5.97 Å². The number of aromatic hydroxyl groups is 1. The van der Waals surface area contributed by atoms with Crippen LogP contribution in [-0.4, -0.2) is 86.4 Å². The molecule has 0 fully saturated rings. The summed E-state index contributed by atoms with van der Waals surface area (Å²) in [5.74, 6) is -5.08. The molecule has 0 aliphatic carbocycles. The van der Waals surface area contributed by atoms with Crippen molar-refractivity contribution in [1.82, 2.24) is 16.0 Å². The highest BCUT2D eigenvalue weighted by molar-refractivity contribution is 5.94. The van der Waals surface area contributed by atoms with Crippen LogP contribution in [0.5, 0.6) is 5.75 Å². The number of nitrogens with one attached hydrogen (secondary N) is 3. The Balaban J connectivity index is 3.19. The van der Waals surface area contributed by atoms with Gasteiger partial charge in [-0.1, -0.05) is 12.1 Å². The molecule has 0 spiro atoms. The van der Waals surface area contributed by atoms with Crippen molar-refractivity contribution in [2.24, 2.45) is 11.5 Å². The zero-order valence-corrected chi connectivity index (χ0v) is 19.9. The van der Waals surface area contributed by atoms with Gasteiger partial charge in [-0.3, -0.25) is 19.2 Å². The standard InChI is InChI=1S/C22H33N5O9/c1-10(28)17(24)21(34)25-14(7-8-16(23)31)19(32)26-15(9-12-3-5-13(30)6-4-12)20(33)27-18(11(2)29)22(35)36/h3-6,10-11,14-15,17-18,28-30H,7-9,24H2,1-2H3,(H2,23,31)(H,25,34)(H,26,32)(H,27,33)(H,35,36). The van der Waals surface area contributed by atoms with E-state index in [2.05, 4.69) is 16.0 Å². The fourth-order valence-corrected chi connectivity index (χ4v) is 3.03. The van der Waals surface area contributed by atoms with Crippen LogP contribution in [0, 0.1) is 0 Å². The van der Waals surface area contributed by atoms with Crippen LogP contribution in [0.2, 0.25) is 0 Å². The summed E-state index contributed by atoms with van der Waals surface area (Å²) >= 11 is 0. The molecule has 0 heterocycles. The van der Waals surface area contributed by atoms with Crippen molar-refractivity contribution in [3.05, 3.63) is 29.8 Å². The number of nitrogens with two attached hydrogens (primary N) is 2. The van der Waals surface area contributed by atoms with Crippen molar-refractivity contribution >= 4 is 29.6 Å². The quantitative estimate of drug-likeness (QED) is 0.121. The third-order valence-corrected chi connectivity index (χ3v) is 5.19. The molecule has 1 aromatic carbocycles. The van der Waals surface area contributed by atoms with Gasteiger partial charge in [-0.15, -0.1) is 0 Å². The van der Waals surface area contributed by atoms with Crippen molar-refractivity contribution in [2.75, 3.05) is 0 Å². The van der Waals surface area contributed by atoms with Gasteiger partial charge in [0, 0.05) is 12.8 Å². The molecule has 11 N–H and O–H groups in total. The predicted molar refractivity (Wildman–Crippen MR) is 125 cm³/mol. The second-order valence-electron chi connectivity index (χ2n) is 8.33. The Kier molecular flexibility index (Phi) is 11.7. The third kappa shape index (κ3) is 9.85. The molecule has 0 saturated heterocycles. The highest BCUT2D eigenvalue weighted by Crippen LogP contribution is 2.12. The molecule has 1 rings (SSSR count). The Labute approximate surface area is 207 Å². The van der Waals surface area contributed by atoms with Gasteiger partial charge < -0.3 is 47.8 Å². The number of carboxylic acid groups (broad SMARTS) is 1. The second-order valence-corrected chi connectivity index (χ2v) is 8.33. The molecule has 0 bridgehead atoms. The maximum Gasteiger partial charge on any atom is 0.328 e. The van der Waals surface area contributed by atoms with E-state index in [0.717, 1.165) is 6.92 Å². The fourth-order valence-electron chi connectivity index (χ4n) is 3.03. The average Bonchev–Trinajstić information content (AvgIpc) is 2.79. The number of rotatable bonds is 14. The molecule has 0 aliphatic rings. The zero-order chi connectivity index (χ0) is 27.6. The summed E-state index contributed by atoms with van der Waals surface area (Å²) in [6.45, 7) is 2.43. The number of aliphatic carboxylic acids is 1. The molecule has 4 amide bonds. The number of carbonyl (C=O) groups is 5. The summed E-state index contributed by atoms with van der Waals surface area (Å²) in [4.78, 5) is 60.9. The van der Waals surface area contributed by atoms with Crippen LogP contribution in [0.4, 0.5) is 0 Å². The van der Waals surface area contributed by atoms with E-state index < -0.39 is 66.0 Å². The summed E-state index contributed by atoms with van der Waals surface area (Å²) < 4.78 is 0. The monoisotopic (exact) mass is 511 g/mol. The van der Waals surface area contributed by atoms with Gasteiger partial charge in [0.15, 0.2) is 6.04 Å². The molecule has 6 unspecified atom stereocenters. The molecule has 0 aliphatic heterocycles. The molecule has 0 radical (unpaired) electrons. The molecule has 1 aromatic rings. The minimum Gasteiger partial charge on any atom is -0.508 e. The van der Waals surface area contributed by atoms with E-state index in [1.54, 1.807) is 0 Å². The van der Waals surface area contributed by atoms with Gasteiger partial charge in [0.05, 0.1) is 12.2 Å². The van der Waals surface area contributed by atoms with Crippen LogP contribution in [-0.2, 0) is 30.4 Å². The van der Waals surface area contributed by atoms with Crippen LogP contribution in [0.15, 0.2) is 24.3 Å². The van der Waals surface area contributed by atoms with Crippen LogP contribution in [0.25, 0.3) is 0 Å². The molecule has 14 heteroatoms. The average molecular weight is 512 g/mol. The van der Waals surface area contributed by atoms with Gasteiger partial charge in [-0.25, -0.2) is 4.79 Å². The van der Waals surface area contributed by atoms with Crippen molar-refractivity contribution in [3.63, 3.8) is 0 Å². The number of aliphatic hydroxyl groups is 2. The van der Waals surface area contributed by atoms with Crippen LogP contribution < -0.4 is 27.4 Å². The maximum absolute atomic E-state index is 13.0. The maximum atomic E-state index is 13.0. The van der Waals surface area contributed by atoms with Gasteiger partial charge in [0.1, 0.15) is 23.9 Å². The Hall–Kier alpha value is -3.75. The minimum atomic E-state index is -1.67. The topological polar surface area (TPSA) is 254 Å². The lowest BCUT2D eigenvalue weighted by atomic mass is 10.0. The van der Waals surface area contributed by atoms with Crippen molar-refractivity contribution < 1.29 is 44.4 Å². The first-order valence-electron chi connectivity index (χ1n) is 11.0. The van der Waals surface area contributed by atoms with E-state index in [4.69, 9.17) is 11.5 Å². The molecule has 0 aromatic heterocycles. The van der Waals surface area contributed by atoms with Crippen LogP contribution in [0.3, 0.4) is 0 Å². The number of phenols is 1. The van der Waals surface area contributed by atoms with Crippen molar-refractivity contribution in [2.45, 2.75) is 69.5 Å². The lowest BCUT2D eigenvalue weighted by molar-refractivity contribution is -0.145. The zero-order valence-electron chi connectivity index (χ0n) is 19.9. The largest absolute Gasteiger partial charge is 0.508 e. The summed E-state index contributed by atoms with van der Waals surface area (Å²) in [6, 6.07) is -0.195. The van der Waals surface area contributed by atoms with Gasteiger partial charge in [-0.05, 0) is 38.0 Å². The molecule has 14 nitrogen and oxygen atoms in total. The third-order valence-electron chi connectivity index (χ3n) is 5.19. The van der Waals surface area contributed by atoms with E-state index in [9.17, 15) is 44.4 Å². The molecule has 6 atom stereocenters. The van der Waals surface area contributed by atoms with Crippen molar-refractivity contribution in [1.29, 1.82) is 0 Å². The number of amides is 4. The first-order chi connectivity index (χ1) is 16.7. The summed E-state index contributed by atoms with van der Waals surface area (Å²) in [7, 11) is 0. The Morgan fingerprint density at radius 3 is 1.86 bits per heavy atom. The van der Waals surface area contributed by atoms with Gasteiger partial charge in [-0.2, -0.15) is 0 Å². The van der Waals surface area contributed by atoms with E-state index >= 15 is 0 Å². The molecular formula is C22H33N5O9. The molecule has 0 saturated carbocycles. The van der Waals surface area contributed by atoms with E-state index in [1.807, 2.05) is 0 Å². The van der Waals surface area contributed by atoms with Crippen LogP contribution in [0.1, 0.15) is 32.3 Å². The Morgan fingerprint density at radius 2 is 1.39 bits per heavy atom. The van der Waals surface area contributed by atoms with E-state index in [-0.39, 0.29) is 25.0 Å². The second kappa shape index (κ2) is 14.0. The van der Waals surface area contributed by atoms with E-state index in [1.165, 1.54) is 31.2 Å². The number of benzene rings is 1. The summed E-state index contributed by atoms with van der Waals surface area (Å²) in [5, 5.41) is 44.8. The number of carboxylic acids is 1. The highest BCUT2D eigenvalue weighted by atomic mass is 16.4. The number of phenolic OH excluding ortho intramolecular Hbond substituents is 1. The first-order valence-corrected chi connectivity index (χ1v) is 11.0. The lowest BCUT2D eigenvalue weighted by Gasteiger charge is -2.26. The number of carbonyl (C=O) groups excluding carboxylic acids is 4. The van der Waals surface area contributed by atoms with Crippen molar-refractivity contribution in [3.8, 4) is 5.75 Å². The lowest BCUT2D eigenvalue weighted by Crippen LogP contribution is -2.59. The number of hydrogen-bond acceptors (Lipinski definition) is 9. The number of primary amides is 1. The van der Waals surface area contributed by atoms with E-state index in [0.29, 0.717) is 5.56 Å². The molecule has 36 heavy (non-hydrogen) atoms. The Morgan fingerprint density at radius 1 is 0.861 bits per heavy atom. The Bertz CT molecular complexity index is 936. The van der Waals surface area contributed by atoms with Gasteiger partial charge in [0.2, 0.25) is 23.6 Å². The molecular weight excluding hydrogens is 478 g/mol. The highest BCUT2D eigenvalue weighted by Gasteiger charge is 2.32. The summed E-state index contributed by atoms with van der Waals surface area (Å²) in [6.07, 6.45) is -3.42. The predicted octanol–water partition coefficient (Wildman–Crippen LogP) is -3.17.